The lowest BCUT2D eigenvalue weighted by Crippen LogP contribution is -2.17. The van der Waals surface area contributed by atoms with E-state index in [-0.39, 0.29) is 0 Å². The lowest BCUT2D eigenvalue weighted by atomic mass is 10.2. The molecule has 0 rings (SSSR count). The number of rotatable bonds is 52. The van der Waals surface area contributed by atoms with Gasteiger partial charge in [0.25, 0.3) is 0 Å². The Labute approximate surface area is 453 Å². The molecule has 0 aliphatic carbocycles. The third-order valence-corrected chi connectivity index (χ3v) is 17.7. The first-order chi connectivity index (χ1) is 36.3. The molecule has 0 heterocycles. The summed E-state index contributed by atoms with van der Waals surface area (Å²) < 4.78 is 224. The van der Waals surface area contributed by atoms with Crippen molar-refractivity contribution in [1.29, 1.82) is 0 Å². The minimum Gasteiger partial charge on any atom is -0.303 e. The lowest BCUT2D eigenvalue weighted by Gasteiger charge is -2.20. The highest BCUT2D eigenvalue weighted by Gasteiger charge is 2.33. The SMILES string of the molecule is COP(=O)(O)OC(C)COP(=O)(O)OCCOP(=O)(O)OCCOP(=O)(O)OCCOP(=O)(O)OCCOP(=O)(O)OCCOP(=O)(O)OCCOP(=O)(O)OCCOP(=O)(O)OC(C)COP(=O)(O)OCC(C)COP(=O)(O)O. The van der Waals surface area contributed by atoms with Gasteiger partial charge in [0.05, 0.1) is 131 Å². The molecule has 0 aromatic rings. The second kappa shape index (κ2) is 37.9. The van der Waals surface area contributed by atoms with Crippen LogP contribution >= 0.6 is 86.0 Å². The zero-order valence-corrected chi connectivity index (χ0v) is 51.6. The van der Waals surface area contributed by atoms with Crippen molar-refractivity contribution in [3.8, 4) is 0 Å². The first kappa shape index (κ1) is 81.2. The summed E-state index contributed by atoms with van der Waals surface area (Å²) in [6, 6.07) is 0. The maximum absolute atomic E-state index is 12.1. The smallest absolute Gasteiger partial charge is 0.303 e. The van der Waals surface area contributed by atoms with Crippen LogP contribution in [0.25, 0.3) is 0 Å². The van der Waals surface area contributed by atoms with Crippen molar-refractivity contribution in [2.24, 2.45) is 5.92 Å². The van der Waals surface area contributed by atoms with Crippen LogP contribution in [0.4, 0.5) is 0 Å². The van der Waals surface area contributed by atoms with Crippen LogP contribution in [0.15, 0.2) is 0 Å². The average Bonchev–Trinajstić information content (AvgIpc) is 3.31. The Balaban J connectivity index is 4.31. The Morgan fingerprint density at radius 3 is 0.650 bits per heavy atom. The highest BCUT2D eigenvalue weighted by Crippen LogP contribution is 2.52. The molecule has 0 saturated carbocycles. The molecule has 13 atom stereocenters. The molecule has 0 bridgehead atoms. The highest BCUT2D eigenvalue weighted by atomic mass is 31.2. The van der Waals surface area contributed by atoms with Crippen LogP contribution in [0, 0.1) is 5.92 Å². The third-order valence-electron chi connectivity index (χ3n) is 7.00. The molecule has 0 spiro atoms. The maximum atomic E-state index is 12.1. The zero-order valence-electron chi connectivity index (χ0n) is 41.8. The van der Waals surface area contributed by atoms with Crippen LogP contribution in [0.3, 0.4) is 0 Å². The molecule has 0 saturated heterocycles. The number of hydrogen-bond donors (Lipinski definition) is 12. The fraction of sp³-hybridized carbons (Fsp3) is 1.00. The molecule has 482 valence electrons. The van der Waals surface area contributed by atoms with E-state index < -0.39 is 223 Å². The van der Waals surface area contributed by atoms with E-state index in [9.17, 15) is 99.1 Å². The first-order valence-electron chi connectivity index (χ1n) is 21.2. The van der Waals surface area contributed by atoms with Gasteiger partial charge in [-0.05, 0) is 13.8 Å². The number of hydrogen-bond acceptors (Lipinski definition) is 32. The predicted molar refractivity (Wildman–Crippen MR) is 255 cm³/mol. The molecule has 12 N–H and O–H groups in total. The monoisotopic (exact) mass is 1410 g/mol. The standard InChI is InChI=1S/C25H63O44P11/c1-23(19-64-70(26,27)28)20-65-79(45,46)67-22-25(3)69-80(47,48)63-18-17-61-77(41,42)59-14-13-57-75(37,38)55-10-9-53-73(33,34)51-6-5-50-72(31,32)52-7-8-54-74(35,36)56-11-12-58-76(39,40)60-15-16-62-78(43,44)66-21-24(2)68-71(29,30)49-4/h23-25H,5-22H2,1-4H3,(H,29,30)(H,31,32)(H,33,34)(H,35,36)(H,37,38)(H,39,40)(H,41,42)(H,43,44)(H,45,46)(H,47,48)(H2,26,27,28). The molecule has 80 heavy (non-hydrogen) atoms. The molecule has 0 aromatic heterocycles. The van der Waals surface area contributed by atoms with Crippen molar-refractivity contribution in [3.63, 3.8) is 0 Å². The van der Waals surface area contributed by atoms with E-state index in [4.69, 9.17) is 9.79 Å². The second-order valence-corrected chi connectivity index (χ2v) is 29.9. The zero-order chi connectivity index (χ0) is 61.8. The van der Waals surface area contributed by atoms with Gasteiger partial charge in [-0.2, -0.15) is 0 Å². The van der Waals surface area contributed by atoms with Gasteiger partial charge >= 0.3 is 86.0 Å². The van der Waals surface area contributed by atoms with E-state index in [1.165, 1.54) is 13.8 Å². The largest absolute Gasteiger partial charge is 0.472 e. The van der Waals surface area contributed by atoms with Crippen molar-refractivity contribution < 1.29 is 204 Å². The van der Waals surface area contributed by atoms with E-state index in [2.05, 4.69) is 95.0 Å². The summed E-state index contributed by atoms with van der Waals surface area (Å²) in [5.74, 6) is -0.781. The summed E-state index contributed by atoms with van der Waals surface area (Å²) in [6.07, 6.45) is -2.62. The average molecular weight is 1410 g/mol. The van der Waals surface area contributed by atoms with Gasteiger partial charge in [0.2, 0.25) is 0 Å². The molecule has 0 fully saturated rings. The summed E-state index contributed by atoms with van der Waals surface area (Å²) in [7, 11) is -52.7. The topological polar surface area (TPSA) is 624 Å². The van der Waals surface area contributed by atoms with Crippen molar-refractivity contribution in [2.75, 3.05) is 126 Å². The summed E-state index contributed by atoms with van der Waals surface area (Å²) in [5, 5.41) is 0. The molecule has 0 aliphatic heterocycles. The van der Waals surface area contributed by atoms with E-state index in [0.29, 0.717) is 0 Å². The Morgan fingerprint density at radius 2 is 0.425 bits per heavy atom. The summed E-state index contributed by atoms with van der Waals surface area (Å²) in [4.78, 5) is 114. The quantitative estimate of drug-likeness (QED) is 0.0307. The fourth-order valence-electron chi connectivity index (χ4n) is 3.92. The number of phosphoric ester groups is 11. The Morgan fingerprint density at radius 1 is 0.250 bits per heavy atom. The summed E-state index contributed by atoms with van der Waals surface area (Å²) >= 11 is 0. The van der Waals surface area contributed by atoms with E-state index >= 15 is 0 Å². The molecule has 13 unspecified atom stereocenters. The van der Waals surface area contributed by atoms with Crippen molar-refractivity contribution in [2.45, 2.75) is 33.0 Å². The van der Waals surface area contributed by atoms with Crippen LogP contribution in [0.1, 0.15) is 20.8 Å². The van der Waals surface area contributed by atoms with Crippen LogP contribution in [0.5, 0.6) is 0 Å². The molecule has 0 radical (unpaired) electrons. The molecule has 0 aromatic carbocycles. The van der Waals surface area contributed by atoms with E-state index in [1.54, 1.807) is 0 Å². The maximum Gasteiger partial charge on any atom is 0.472 e. The van der Waals surface area contributed by atoms with Gasteiger partial charge in [-0.25, -0.2) is 50.2 Å². The third kappa shape index (κ3) is 47.3. The fourth-order valence-corrected chi connectivity index (χ4v) is 11.7. The van der Waals surface area contributed by atoms with E-state index in [0.717, 1.165) is 14.0 Å². The molecular formula is C25H63O44P11. The predicted octanol–water partition coefficient (Wildman–Crippen LogP) is 2.47. The molecule has 44 nitrogen and oxygen atoms in total. The van der Waals surface area contributed by atoms with Gasteiger partial charge < -0.3 is 58.7 Å². The molecule has 0 aliphatic rings. The van der Waals surface area contributed by atoms with Crippen LogP contribution in [-0.4, -0.2) is 197 Å². The Hall–Kier alpha value is 1.21. The Kier molecular flexibility index (Phi) is 38.5. The van der Waals surface area contributed by atoms with Gasteiger partial charge in [-0.1, -0.05) is 6.92 Å². The van der Waals surface area contributed by atoms with Crippen molar-refractivity contribution >= 4 is 86.0 Å². The Bertz CT molecular complexity index is 2350. The normalized spacial score (nSPS) is 21.4. The first-order valence-corrected chi connectivity index (χ1v) is 37.7. The van der Waals surface area contributed by atoms with Crippen molar-refractivity contribution in [1.82, 2.24) is 0 Å². The van der Waals surface area contributed by atoms with Crippen LogP contribution in [-0.2, 0) is 145 Å². The second-order valence-electron chi connectivity index (χ2n) is 14.1. The van der Waals surface area contributed by atoms with Gasteiger partial charge in [-0.15, -0.1) is 0 Å². The van der Waals surface area contributed by atoms with Gasteiger partial charge in [0.15, 0.2) is 0 Å². The summed E-state index contributed by atoms with van der Waals surface area (Å²) in [6.45, 7) is -11.5. The van der Waals surface area contributed by atoms with Crippen LogP contribution < -0.4 is 0 Å². The van der Waals surface area contributed by atoms with Crippen LogP contribution in [0.2, 0.25) is 0 Å². The molecular weight excluding hydrogens is 1340 g/mol. The minimum absolute atomic E-state index is 0.544. The number of phosphoric acid groups is 11. The van der Waals surface area contributed by atoms with Gasteiger partial charge in [-0.3, -0.25) is 95.0 Å². The summed E-state index contributed by atoms with van der Waals surface area (Å²) in [5.41, 5.74) is 0. The minimum atomic E-state index is -4.99. The lowest BCUT2D eigenvalue weighted by molar-refractivity contribution is 0.0501. The van der Waals surface area contributed by atoms with Gasteiger partial charge in [0, 0.05) is 13.0 Å². The van der Waals surface area contributed by atoms with Gasteiger partial charge in [0.1, 0.15) is 0 Å². The molecule has 0 amide bonds. The van der Waals surface area contributed by atoms with E-state index in [1.807, 2.05) is 0 Å². The highest BCUT2D eigenvalue weighted by molar-refractivity contribution is 7.50. The van der Waals surface area contributed by atoms with Crippen molar-refractivity contribution in [3.05, 3.63) is 0 Å². The molecule has 55 heteroatoms.